The molecule has 1 aliphatic rings. The lowest BCUT2D eigenvalue weighted by molar-refractivity contribution is -0.303. The number of ether oxygens (including phenoxy) is 2. The molecular formula is C47H87NO10. The van der Waals surface area contributed by atoms with Crippen LogP contribution in [0.3, 0.4) is 0 Å². The normalized spacial score (nSPS) is 22.3. The van der Waals surface area contributed by atoms with Gasteiger partial charge in [-0.05, 0) is 70.6 Å². The van der Waals surface area contributed by atoms with Gasteiger partial charge in [0.15, 0.2) is 6.29 Å². The van der Waals surface area contributed by atoms with E-state index >= 15 is 0 Å². The Morgan fingerprint density at radius 1 is 0.603 bits per heavy atom. The molecule has 8 N–H and O–H groups in total. The van der Waals surface area contributed by atoms with E-state index in [2.05, 4.69) is 55.6 Å². The minimum Gasteiger partial charge on any atom is -0.394 e. The Hall–Kier alpha value is -1.67. The first-order chi connectivity index (χ1) is 28.2. The standard InChI is InChI=1S/C47H87NO10/c1-3-5-7-9-11-13-15-17-19-21-23-25-27-29-31-33-35-40(51)46(56)48-38(37-57-47-45(55)44(54)43(53)41(36-49)58-47)42(52)39(50)34-32-30-28-26-24-22-20-18-16-14-12-10-8-6-4-2/h11,13,17,19,26,28,38-45,47,49-55H,3-10,12,14-16,18,20-25,27,29-37H2,1-2H3,(H,48,56)/b13-11-,19-17-,28-26+. The van der Waals surface area contributed by atoms with Crippen molar-refractivity contribution in [3.63, 3.8) is 0 Å². The van der Waals surface area contributed by atoms with Crippen molar-refractivity contribution in [2.45, 2.75) is 242 Å². The zero-order chi connectivity index (χ0) is 42.6. The average molecular weight is 826 g/mol. The number of aliphatic hydroxyl groups excluding tert-OH is 7. The zero-order valence-electron chi connectivity index (χ0n) is 36.5. The Morgan fingerprint density at radius 3 is 1.62 bits per heavy atom. The third-order valence-electron chi connectivity index (χ3n) is 11.2. The molecule has 0 aromatic carbocycles. The molecule has 9 atom stereocenters. The molecule has 0 aromatic heterocycles. The summed E-state index contributed by atoms with van der Waals surface area (Å²) < 4.78 is 11.1. The number of hydrogen-bond acceptors (Lipinski definition) is 10. The molecule has 11 heteroatoms. The van der Waals surface area contributed by atoms with Crippen molar-refractivity contribution in [1.82, 2.24) is 5.32 Å². The second-order valence-corrected chi connectivity index (χ2v) is 16.5. The summed E-state index contributed by atoms with van der Waals surface area (Å²) in [5.41, 5.74) is 0. The SMILES string of the molecule is CCCCC/C=C\C/C=C\CCCCCCCCC(O)C(=O)NC(COC1OC(CO)C(O)C(O)C1O)C(O)C(O)CCC/C=C/CCCCCCCCCCCC. The molecule has 0 aromatic rings. The highest BCUT2D eigenvalue weighted by Crippen LogP contribution is 2.23. The molecule has 9 unspecified atom stereocenters. The summed E-state index contributed by atoms with van der Waals surface area (Å²) in [6.07, 6.45) is 30.4. The molecule has 1 aliphatic heterocycles. The van der Waals surface area contributed by atoms with Crippen molar-refractivity contribution in [2.24, 2.45) is 0 Å². The Kier molecular flexibility index (Phi) is 34.8. The summed E-state index contributed by atoms with van der Waals surface area (Å²) in [5.74, 6) is -0.717. The number of unbranched alkanes of at least 4 members (excludes halogenated alkanes) is 20. The number of nitrogens with one attached hydrogen (secondary N) is 1. The van der Waals surface area contributed by atoms with Gasteiger partial charge in [0, 0.05) is 0 Å². The third-order valence-corrected chi connectivity index (χ3v) is 11.2. The fraction of sp³-hybridized carbons (Fsp3) is 0.851. The maximum absolute atomic E-state index is 13.1. The lowest BCUT2D eigenvalue weighted by Crippen LogP contribution is -2.60. The number of allylic oxidation sites excluding steroid dienone is 6. The Bertz CT molecular complexity index is 1040. The molecule has 1 heterocycles. The van der Waals surface area contributed by atoms with Crippen molar-refractivity contribution in [2.75, 3.05) is 13.2 Å². The molecule has 1 amide bonds. The fourth-order valence-electron chi connectivity index (χ4n) is 7.23. The number of amides is 1. The van der Waals surface area contributed by atoms with Crippen molar-refractivity contribution in [3.05, 3.63) is 36.5 Å². The third kappa shape index (κ3) is 26.5. The summed E-state index contributed by atoms with van der Waals surface area (Å²) in [6.45, 7) is 3.38. The van der Waals surface area contributed by atoms with Gasteiger partial charge in [0.2, 0.25) is 5.91 Å². The largest absolute Gasteiger partial charge is 0.394 e. The number of carbonyl (C=O) groups is 1. The van der Waals surface area contributed by atoms with Gasteiger partial charge in [-0.25, -0.2) is 0 Å². The maximum atomic E-state index is 13.1. The van der Waals surface area contributed by atoms with E-state index in [4.69, 9.17) is 9.47 Å². The highest BCUT2D eigenvalue weighted by molar-refractivity contribution is 5.80. The monoisotopic (exact) mass is 826 g/mol. The van der Waals surface area contributed by atoms with Crippen LogP contribution in [0.5, 0.6) is 0 Å². The van der Waals surface area contributed by atoms with Crippen LogP contribution < -0.4 is 5.32 Å². The van der Waals surface area contributed by atoms with Crippen LogP contribution in [0.4, 0.5) is 0 Å². The number of carbonyl (C=O) groups excluding carboxylic acids is 1. The van der Waals surface area contributed by atoms with Gasteiger partial charge in [-0.1, -0.05) is 153 Å². The van der Waals surface area contributed by atoms with Crippen LogP contribution in [0.2, 0.25) is 0 Å². The highest BCUT2D eigenvalue weighted by atomic mass is 16.7. The Labute approximate surface area is 352 Å². The molecule has 0 saturated carbocycles. The highest BCUT2D eigenvalue weighted by Gasteiger charge is 2.44. The van der Waals surface area contributed by atoms with Crippen LogP contribution in [-0.4, -0.2) is 110 Å². The lowest BCUT2D eigenvalue weighted by Gasteiger charge is -2.40. The second-order valence-electron chi connectivity index (χ2n) is 16.5. The number of rotatable bonds is 38. The number of hydrogen-bond donors (Lipinski definition) is 8. The zero-order valence-corrected chi connectivity index (χ0v) is 36.5. The predicted molar refractivity (Wildman–Crippen MR) is 233 cm³/mol. The van der Waals surface area contributed by atoms with Crippen molar-refractivity contribution >= 4 is 5.91 Å². The van der Waals surface area contributed by atoms with E-state index in [1.54, 1.807) is 0 Å². The average Bonchev–Trinajstić information content (AvgIpc) is 3.22. The van der Waals surface area contributed by atoms with E-state index in [1.165, 1.54) is 83.5 Å². The van der Waals surface area contributed by atoms with Crippen molar-refractivity contribution in [1.29, 1.82) is 0 Å². The first kappa shape index (κ1) is 54.3. The van der Waals surface area contributed by atoms with Gasteiger partial charge in [0.25, 0.3) is 0 Å². The minimum absolute atomic E-state index is 0.241. The smallest absolute Gasteiger partial charge is 0.249 e. The summed E-state index contributed by atoms with van der Waals surface area (Å²) in [4.78, 5) is 13.1. The van der Waals surface area contributed by atoms with E-state index in [1.807, 2.05) is 0 Å². The van der Waals surface area contributed by atoms with E-state index in [-0.39, 0.29) is 12.8 Å². The van der Waals surface area contributed by atoms with Gasteiger partial charge in [-0.2, -0.15) is 0 Å². The quantitative estimate of drug-likeness (QED) is 0.0227. The van der Waals surface area contributed by atoms with E-state index < -0.39 is 74.2 Å². The van der Waals surface area contributed by atoms with E-state index in [0.29, 0.717) is 12.8 Å². The minimum atomic E-state index is -1.67. The number of aliphatic hydroxyl groups is 7. The second kappa shape index (κ2) is 37.1. The summed E-state index contributed by atoms with van der Waals surface area (Å²) in [5, 5.41) is 75.6. The van der Waals surface area contributed by atoms with Crippen molar-refractivity contribution < 1.29 is 50.0 Å². The molecular weight excluding hydrogens is 739 g/mol. The topological polar surface area (TPSA) is 189 Å². The lowest BCUT2D eigenvalue weighted by atomic mass is 9.98. The van der Waals surface area contributed by atoms with Gasteiger partial charge in [-0.15, -0.1) is 0 Å². The summed E-state index contributed by atoms with van der Waals surface area (Å²) in [6, 6.07) is -1.19. The van der Waals surface area contributed by atoms with Gasteiger partial charge in [-0.3, -0.25) is 4.79 Å². The molecule has 0 spiro atoms. The molecule has 1 rings (SSSR count). The van der Waals surface area contributed by atoms with Crippen LogP contribution in [-0.2, 0) is 14.3 Å². The fourth-order valence-corrected chi connectivity index (χ4v) is 7.23. The van der Waals surface area contributed by atoms with Crippen LogP contribution in [0.1, 0.15) is 187 Å². The van der Waals surface area contributed by atoms with Crippen molar-refractivity contribution in [3.8, 4) is 0 Å². The molecule has 340 valence electrons. The molecule has 11 nitrogen and oxygen atoms in total. The molecule has 1 fully saturated rings. The van der Waals surface area contributed by atoms with Crippen LogP contribution >= 0.6 is 0 Å². The van der Waals surface area contributed by atoms with Gasteiger partial charge in [0.05, 0.1) is 25.4 Å². The molecule has 1 saturated heterocycles. The Balaban J connectivity index is 2.49. The maximum Gasteiger partial charge on any atom is 0.249 e. The van der Waals surface area contributed by atoms with E-state index in [9.17, 15) is 40.5 Å². The first-order valence-electron chi connectivity index (χ1n) is 23.4. The van der Waals surface area contributed by atoms with Gasteiger partial charge in [0.1, 0.15) is 36.6 Å². The summed E-state index contributed by atoms with van der Waals surface area (Å²) in [7, 11) is 0. The predicted octanol–water partition coefficient (Wildman–Crippen LogP) is 7.61. The van der Waals surface area contributed by atoms with Gasteiger partial charge >= 0.3 is 0 Å². The van der Waals surface area contributed by atoms with Crippen LogP contribution in [0.15, 0.2) is 36.5 Å². The summed E-state index contributed by atoms with van der Waals surface area (Å²) >= 11 is 0. The first-order valence-corrected chi connectivity index (χ1v) is 23.4. The van der Waals surface area contributed by atoms with E-state index in [0.717, 1.165) is 64.2 Å². The van der Waals surface area contributed by atoms with Crippen LogP contribution in [0.25, 0.3) is 0 Å². The van der Waals surface area contributed by atoms with Crippen LogP contribution in [0, 0.1) is 0 Å². The Morgan fingerprint density at radius 2 is 1.07 bits per heavy atom. The molecule has 0 aliphatic carbocycles. The molecule has 0 bridgehead atoms. The van der Waals surface area contributed by atoms with Gasteiger partial charge < -0.3 is 50.5 Å². The molecule has 58 heavy (non-hydrogen) atoms. The molecule has 0 radical (unpaired) electrons.